The highest BCUT2D eigenvalue weighted by atomic mass is 32.2. The van der Waals surface area contributed by atoms with Crippen molar-refractivity contribution in [3.63, 3.8) is 0 Å². The quantitative estimate of drug-likeness (QED) is 0.864. The second-order valence-electron chi connectivity index (χ2n) is 4.87. The molecule has 0 saturated heterocycles. The van der Waals surface area contributed by atoms with Crippen molar-refractivity contribution in [1.29, 1.82) is 0 Å². The van der Waals surface area contributed by atoms with Gasteiger partial charge in [-0.05, 0) is 31.0 Å². The van der Waals surface area contributed by atoms with E-state index in [0.29, 0.717) is 6.54 Å². The first-order valence-corrected chi connectivity index (χ1v) is 7.97. The fourth-order valence-electron chi connectivity index (χ4n) is 2.69. The summed E-state index contributed by atoms with van der Waals surface area (Å²) in [5, 5.41) is 0. The van der Waals surface area contributed by atoms with E-state index in [0.717, 1.165) is 37.8 Å². The zero-order valence-corrected chi connectivity index (χ0v) is 11.8. The molecule has 1 saturated carbocycles. The fourth-order valence-corrected chi connectivity index (χ4v) is 4.45. The monoisotopic (exact) mass is 286 g/mol. The lowest BCUT2D eigenvalue weighted by Gasteiger charge is -2.26. The number of nitrogen functional groups attached to an aromatic ring is 1. The van der Waals surface area contributed by atoms with Gasteiger partial charge in [0.25, 0.3) is 0 Å². The molecule has 4 nitrogen and oxygen atoms in total. The standard InChI is InChI=1S/C13H19FN2O2S/c1-2-16(12-5-3-4-6-12)19(17,18)13-8-10(14)7-11(15)9-13/h7-9,12H,2-6,15H2,1H3. The van der Waals surface area contributed by atoms with Gasteiger partial charge in [-0.2, -0.15) is 4.31 Å². The SMILES string of the molecule is CCN(C1CCCC1)S(=O)(=O)c1cc(N)cc(F)c1. The van der Waals surface area contributed by atoms with Gasteiger partial charge in [0.2, 0.25) is 10.0 Å². The lowest BCUT2D eigenvalue weighted by molar-refractivity contribution is 0.335. The van der Waals surface area contributed by atoms with Gasteiger partial charge in [-0.25, -0.2) is 12.8 Å². The number of sulfonamides is 1. The molecule has 0 bridgehead atoms. The molecule has 2 N–H and O–H groups in total. The van der Waals surface area contributed by atoms with Crippen LogP contribution >= 0.6 is 0 Å². The van der Waals surface area contributed by atoms with Crippen LogP contribution in [0.3, 0.4) is 0 Å². The molecule has 6 heteroatoms. The summed E-state index contributed by atoms with van der Waals surface area (Å²) in [5.41, 5.74) is 5.65. The van der Waals surface area contributed by atoms with Crippen molar-refractivity contribution in [3.05, 3.63) is 24.0 Å². The van der Waals surface area contributed by atoms with E-state index in [1.165, 1.54) is 10.4 Å². The topological polar surface area (TPSA) is 63.4 Å². The number of hydrogen-bond acceptors (Lipinski definition) is 3. The number of nitrogens with zero attached hydrogens (tertiary/aromatic N) is 1. The van der Waals surface area contributed by atoms with Gasteiger partial charge in [-0.15, -0.1) is 0 Å². The molecule has 1 fully saturated rings. The maximum absolute atomic E-state index is 13.3. The number of nitrogens with two attached hydrogens (primary N) is 1. The molecule has 0 heterocycles. The van der Waals surface area contributed by atoms with Gasteiger partial charge in [-0.1, -0.05) is 19.8 Å². The minimum Gasteiger partial charge on any atom is -0.399 e. The van der Waals surface area contributed by atoms with E-state index in [1.54, 1.807) is 6.92 Å². The van der Waals surface area contributed by atoms with Crippen LogP contribution in [0.2, 0.25) is 0 Å². The molecule has 0 spiro atoms. The Morgan fingerprint density at radius 3 is 2.47 bits per heavy atom. The van der Waals surface area contributed by atoms with Crippen LogP contribution in [0.5, 0.6) is 0 Å². The smallest absolute Gasteiger partial charge is 0.243 e. The molecule has 1 aliphatic carbocycles. The Balaban J connectivity index is 2.39. The molecule has 0 atom stereocenters. The average Bonchev–Trinajstić information content (AvgIpc) is 2.82. The highest BCUT2D eigenvalue weighted by Crippen LogP contribution is 2.29. The second-order valence-corrected chi connectivity index (χ2v) is 6.76. The normalized spacial score (nSPS) is 17.2. The van der Waals surface area contributed by atoms with Gasteiger partial charge in [0.15, 0.2) is 0 Å². The Hall–Kier alpha value is -1.14. The summed E-state index contributed by atoms with van der Waals surface area (Å²) < 4.78 is 39.9. The third-order valence-electron chi connectivity index (χ3n) is 3.54. The minimum atomic E-state index is -3.67. The van der Waals surface area contributed by atoms with E-state index < -0.39 is 15.8 Å². The largest absolute Gasteiger partial charge is 0.399 e. The summed E-state index contributed by atoms with van der Waals surface area (Å²) in [5.74, 6) is -0.624. The van der Waals surface area contributed by atoms with Crippen molar-refractivity contribution in [2.75, 3.05) is 12.3 Å². The number of anilines is 1. The van der Waals surface area contributed by atoms with Crippen molar-refractivity contribution in [3.8, 4) is 0 Å². The fraction of sp³-hybridized carbons (Fsp3) is 0.538. The van der Waals surface area contributed by atoms with Crippen LogP contribution in [0.25, 0.3) is 0 Å². The third kappa shape index (κ3) is 2.90. The zero-order valence-electron chi connectivity index (χ0n) is 11.0. The van der Waals surface area contributed by atoms with E-state index in [9.17, 15) is 12.8 Å². The Morgan fingerprint density at radius 1 is 1.32 bits per heavy atom. The maximum Gasteiger partial charge on any atom is 0.243 e. The number of rotatable bonds is 4. The van der Waals surface area contributed by atoms with Crippen molar-refractivity contribution in [1.82, 2.24) is 4.31 Å². The lowest BCUT2D eigenvalue weighted by atomic mass is 10.2. The predicted octanol–water partition coefficient (Wildman–Crippen LogP) is 2.36. The molecule has 0 radical (unpaired) electrons. The number of benzene rings is 1. The van der Waals surface area contributed by atoms with Crippen LogP contribution in [0, 0.1) is 5.82 Å². The highest BCUT2D eigenvalue weighted by molar-refractivity contribution is 7.89. The molecule has 0 amide bonds. The molecule has 0 aromatic heterocycles. The Kier molecular flexibility index (Phi) is 4.10. The maximum atomic E-state index is 13.3. The van der Waals surface area contributed by atoms with Crippen LogP contribution in [-0.2, 0) is 10.0 Å². The number of hydrogen-bond donors (Lipinski definition) is 1. The second kappa shape index (κ2) is 5.46. The van der Waals surface area contributed by atoms with Gasteiger partial charge in [0.05, 0.1) is 4.90 Å². The molecular weight excluding hydrogens is 267 g/mol. The molecule has 0 unspecified atom stereocenters. The van der Waals surface area contributed by atoms with Crippen LogP contribution < -0.4 is 5.73 Å². The van der Waals surface area contributed by atoms with Gasteiger partial charge >= 0.3 is 0 Å². The third-order valence-corrected chi connectivity index (χ3v) is 5.55. The molecule has 2 rings (SSSR count). The Morgan fingerprint density at radius 2 is 1.95 bits per heavy atom. The van der Waals surface area contributed by atoms with Crippen molar-refractivity contribution in [2.45, 2.75) is 43.5 Å². The Labute approximate surface area is 113 Å². The minimum absolute atomic E-state index is 0.0273. The van der Waals surface area contributed by atoms with Gasteiger partial charge < -0.3 is 5.73 Å². The van der Waals surface area contributed by atoms with Crippen molar-refractivity contribution in [2.24, 2.45) is 0 Å². The van der Waals surface area contributed by atoms with E-state index in [1.807, 2.05) is 0 Å². The van der Waals surface area contributed by atoms with Crippen LogP contribution in [0.15, 0.2) is 23.1 Å². The van der Waals surface area contributed by atoms with Crippen molar-refractivity contribution >= 4 is 15.7 Å². The summed E-state index contributed by atoms with van der Waals surface area (Å²) in [4.78, 5) is -0.0567. The summed E-state index contributed by atoms with van der Waals surface area (Å²) in [6.07, 6.45) is 3.83. The summed E-state index contributed by atoms with van der Waals surface area (Å²) >= 11 is 0. The molecule has 1 aromatic carbocycles. The van der Waals surface area contributed by atoms with Crippen molar-refractivity contribution < 1.29 is 12.8 Å². The average molecular weight is 286 g/mol. The first-order valence-electron chi connectivity index (χ1n) is 6.53. The van der Waals surface area contributed by atoms with E-state index in [4.69, 9.17) is 5.73 Å². The predicted molar refractivity (Wildman–Crippen MR) is 72.6 cm³/mol. The highest BCUT2D eigenvalue weighted by Gasteiger charge is 2.32. The Bertz CT molecular complexity index is 534. The van der Waals surface area contributed by atoms with Crippen LogP contribution in [-0.4, -0.2) is 25.3 Å². The van der Waals surface area contributed by atoms with Gasteiger partial charge in [-0.3, -0.25) is 0 Å². The zero-order chi connectivity index (χ0) is 14.0. The molecule has 1 aromatic rings. The molecule has 0 aliphatic heterocycles. The van der Waals surface area contributed by atoms with E-state index in [2.05, 4.69) is 0 Å². The summed E-state index contributed by atoms with van der Waals surface area (Å²) in [6.45, 7) is 2.20. The molecule has 1 aliphatic rings. The van der Waals surface area contributed by atoms with Crippen LogP contribution in [0.1, 0.15) is 32.6 Å². The van der Waals surface area contributed by atoms with Crippen LogP contribution in [0.4, 0.5) is 10.1 Å². The van der Waals surface area contributed by atoms with Gasteiger partial charge in [0, 0.05) is 18.3 Å². The lowest BCUT2D eigenvalue weighted by Crippen LogP contribution is -2.38. The first kappa shape index (κ1) is 14.3. The first-order chi connectivity index (χ1) is 8.95. The van der Waals surface area contributed by atoms with Gasteiger partial charge in [0.1, 0.15) is 5.82 Å². The number of halogens is 1. The molecular formula is C13H19FN2O2S. The summed E-state index contributed by atoms with van der Waals surface area (Å²) in [7, 11) is -3.67. The van der Waals surface area contributed by atoms with E-state index >= 15 is 0 Å². The van der Waals surface area contributed by atoms with E-state index in [-0.39, 0.29) is 16.6 Å². The summed E-state index contributed by atoms with van der Waals surface area (Å²) in [6, 6.07) is 3.49. The molecule has 106 valence electrons. The molecule has 19 heavy (non-hydrogen) atoms.